The summed E-state index contributed by atoms with van der Waals surface area (Å²) in [6, 6.07) is 0. The van der Waals surface area contributed by atoms with Crippen LogP contribution in [0.15, 0.2) is 37.1 Å². The first-order valence-electron chi connectivity index (χ1n) is 4.68. The van der Waals surface area contributed by atoms with Crippen LogP contribution in [0.5, 0.6) is 0 Å². The maximum absolute atomic E-state index is 3.72. The summed E-state index contributed by atoms with van der Waals surface area (Å²) in [5.41, 5.74) is 1.42. The van der Waals surface area contributed by atoms with Gasteiger partial charge in [-0.1, -0.05) is 40.0 Å². The molecule has 13 heavy (non-hydrogen) atoms. The molecule has 0 fully saturated rings. The molecule has 0 bridgehead atoms. The summed E-state index contributed by atoms with van der Waals surface area (Å²) in [4.78, 5) is 0. The van der Waals surface area contributed by atoms with Crippen LogP contribution in [0.3, 0.4) is 0 Å². The molecule has 0 rings (SSSR count). The molecule has 1 nitrogen and oxygen atoms in total. The third kappa shape index (κ3) is 7.38. The lowest BCUT2D eigenvalue weighted by Crippen LogP contribution is -2.19. The predicted molar refractivity (Wildman–Crippen MR) is 60.6 cm³/mol. The van der Waals surface area contributed by atoms with E-state index in [4.69, 9.17) is 0 Å². The van der Waals surface area contributed by atoms with Gasteiger partial charge in [0.15, 0.2) is 0 Å². The van der Waals surface area contributed by atoms with Gasteiger partial charge in [0.05, 0.1) is 0 Å². The quantitative estimate of drug-likeness (QED) is 0.639. The van der Waals surface area contributed by atoms with Crippen molar-refractivity contribution in [3.8, 4) is 0 Å². The molecule has 0 saturated carbocycles. The Morgan fingerprint density at radius 2 is 1.92 bits per heavy atom. The van der Waals surface area contributed by atoms with Gasteiger partial charge < -0.3 is 5.32 Å². The summed E-state index contributed by atoms with van der Waals surface area (Å²) in [6.07, 6.45) is 6.65. The van der Waals surface area contributed by atoms with Crippen LogP contribution in [-0.4, -0.2) is 6.54 Å². The topological polar surface area (TPSA) is 12.0 Å². The molecule has 0 aliphatic heterocycles. The van der Waals surface area contributed by atoms with Crippen molar-refractivity contribution in [1.82, 2.24) is 5.32 Å². The molecule has 0 aliphatic rings. The Balaban J connectivity index is 3.81. The Labute approximate surface area is 82.2 Å². The molecule has 0 saturated heterocycles. The van der Waals surface area contributed by atoms with Gasteiger partial charge in [-0.3, -0.25) is 0 Å². The predicted octanol–water partition coefficient (Wildman–Crippen LogP) is 3.27. The maximum Gasteiger partial charge on any atom is 0.0333 e. The van der Waals surface area contributed by atoms with E-state index in [0.29, 0.717) is 5.41 Å². The van der Waals surface area contributed by atoms with E-state index in [2.05, 4.69) is 39.2 Å². The van der Waals surface area contributed by atoms with Crippen LogP contribution >= 0.6 is 0 Å². The van der Waals surface area contributed by atoms with E-state index < -0.39 is 0 Å². The third-order valence-electron chi connectivity index (χ3n) is 1.72. The third-order valence-corrected chi connectivity index (χ3v) is 1.72. The fourth-order valence-corrected chi connectivity index (χ4v) is 0.908. The second-order valence-electron chi connectivity index (χ2n) is 4.30. The Bertz CT molecular complexity index is 194. The summed E-state index contributed by atoms with van der Waals surface area (Å²) >= 11 is 0. The summed E-state index contributed by atoms with van der Waals surface area (Å²) in [7, 11) is 0. The van der Waals surface area contributed by atoms with E-state index in [1.54, 1.807) is 6.08 Å². The van der Waals surface area contributed by atoms with Gasteiger partial charge in [0.25, 0.3) is 0 Å². The van der Waals surface area contributed by atoms with Gasteiger partial charge in [-0.05, 0) is 24.0 Å². The maximum atomic E-state index is 3.72. The van der Waals surface area contributed by atoms with Crippen molar-refractivity contribution in [3.63, 3.8) is 0 Å². The van der Waals surface area contributed by atoms with Crippen molar-refractivity contribution in [2.45, 2.75) is 27.2 Å². The van der Waals surface area contributed by atoms with Crippen LogP contribution in [0.1, 0.15) is 27.2 Å². The molecule has 1 N–H and O–H groups in total. The SMILES string of the molecule is C=C/C=C(\C=C)NCCC(C)(C)C. The first-order chi connectivity index (χ1) is 5.99. The second-order valence-corrected chi connectivity index (χ2v) is 4.30. The van der Waals surface area contributed by atoms with Crippen molar-refractivity contribution < 1.29 is 0 Å². The average molecular weight is 179 g/mol. The van der Waals surface area contributed by atoms with Crippen molar-refractivity contribution in [3.05, 3.63) is 37.1 Å². The minimum Gasteiger partial charge on any atom is -0.385 e. The van der Waals surface area contributed by atoms with Crippen molar-refractivity contribution in [2.75, 3.05) is 6.54 Å². The molecule has 0 atom stereocenters. The standard InChI is InChI=1S/C12H21N/c1-6-8-11(7-2)13-10-9-12(3,4)5/h6-8,13H,1-2,9-10H2,3-5H3/b11-8+. The highest BCUT2D eigenvalue weighted by Gasteiger charge is 2.08. The highest BCUT2D eigenvalue weighted by Crippen LogP contribution is 2.17. The lowest BCUT2D eigenvalue weighted by atomic mass is 9.92. The zero-order chi connectivity index (χ0) is 10.3. The molecule has 0 aromatic heterocycles. The van der Waals surface area contributed by atoms with Gasteiger partial charge >= 0.3 is 0 Å². The fraction of sp³-hybridized carbons (Fsp3) is 0.500. The number of allylic oxidation sites excluding steroid dienone is 3. The smallest absolute Gasteiger partial charge is 0.0333 e. The lowest BCUT2D eigenvalue weighted by Gasteiger charge is -2.18. The summed E-state index contributed by atoms with van der Waals surface area (Å²) < 4.78 is 0. The van der Waals surface area contributed by atoms with Crippen molar-refractivity contribution >= 4 is 0 Å². The minimum absolute atomic E-state index is 0.382. The number of rotatable bonds is 5. The number of hydrogen-bond acceptors (Lipinski definition) is 1. The van der Waals surface area contributed by atoms with E-state index in [-0.39, 0.29) is 0 Å². The van der Waals surface area contributed by atoms with E-state index in [1.807, 2.05) is 12.2 Å². The number of nitrogens with one attached hydrogen (secondary N) is 1. The molecule has 0 heterocycles. The molecule has 0 radical (unpaired) electrons. The van der Waals surface area contributed by atoms with Gasteiger partial charge in [0, 0.05) is 12.2 Å². The van der Waals surface area contributed by atoms with Crippen molar-refractivity contribution in [2.24, 2.45) is 5.41 Å². The van der Waals surface area contributed by atoms with Crippen LogP contribution in [0.25, 0.3) is 0 Å². The molecular weight excluding hydrogens is 158 g/mol. The van der Waals surface area contributed by atoms with E-state index in [9.17, 15) is 0 Å². The van der Waals surface area contributed by atoms with Crippen LogP contribution < -0.4 is 5.32 Å². The number of hydrogen-bond donors (Lipinski definition) is 1. The zero-order valence-corrected chi connectivity index (χ0v) is 9.06. The van der Waals surface area contributed by atoms with Crippen LogP contribution in [-0.2, 0) is 0 Å². The van der Waals surface area contributed by atoms with Gasteiger partial charge in [0.2, 0.25) is 0 Å². The summed E-state index contributed by atoms with van der Waals surface area (Å²) in [6.45, 7) is 15.0. The van der Waals surface area contributed by atoms with Crippen molar-refractivity contribution in [1.29, 1.82) is 0 Å². The zero-order valence-electron chi connectivity index (χ0n) is 9.06. The lowest BCUT2D eigenvalue weighted by molar-refractivity contribution is 0.374. The Hall–Kier alpha value is -0.980. The molecule has 0 unspecified atom stereocenters. The molecule has 0 aromatic rings. The van der Waals surface area contributed by atoms with E-state index >= 15 is 0 Å². The van der Waals surface area contributed by atoms with Gasteiger partial charge in [-0.2, -0.15) is 0 Å². The molecule has 74 valence electrons. The largest absolute Gasteiger partial charge is 0.385 e. The monoisotopic (exact) mass is 179 g/mol. The van der Waals surface area contributed by atoms with Gasteiger partial charge in [-0.15, -0.1) is 0 Å². The molecule has 0 amide bonds. The second kappa shape index (κ2) is 5.63. The highest BCUT2D eigenvalue weighted by molar-refractivity contribution is 5.18. The van der Waals surface area contributed by atoms with Crippen LogP contribution in [0.2, 0.25) is 0 Å². The Morgan fingerprint density at radius 1 is 1.31 bits per heavy atom. The molecule has 0 spiro atoms. The summed E-state index contributed by atoms with van der Waals surface area (Å²) in [5.74, 6) is 0. The first kappa shape index (κ1) is 12.0. The van der Waals surface area contributed by atoms with Gasteiger partial charge in [-0.25, -0.2) is 0 Å². The van der Waals surface area contributed by atoms with Gasteiger partial charge in [0.1, 0.15) is 0 Å². The molecule has 0 aromatic carbocycles. The highest BCUT2D eigenvalue weighted by atomic mass is 14.9. The minimum atomic E-state index is 0.382. The normalized spacial score (nSPS) is 12.4. The first-order valence-corrected chi connectivity index (χ1v) is 4.68. The van der Waals surface area contributed by atoms with E-state index in [1.165, 1.54) is 0 Å². The Kier molecular flexibility index (Phi) is 5.20. The van der Waals surface area contributed by atoms with E-state index in [0.717, 1.165) is 18.7 Å². The van der Waals surface area contributed by atoms with Crippen LogP contribution in [0, 0.1) is 5.41 Å². The van der Waals surface area contributed by atoms with Crippen LogP contribution in [0.4, 0.5) is 0 Å². The fourth-order valence-electron chi connectivity index (χ4n) is 0.908. The average Bonchev–Trinajstić information content (AvgIpc) is 2.01. The summed E-state index contributed by atoms with van der Waals surface area (Å²) in [5, 5.41) is 3.30. The molecule has 1 heteroatoms. The molecule has 0 aliphatic carbocycles. The Morgan fingerprint density at radius 3 is 2.31 bits per heavy atom. The molecular formula is C12H21N.